The molecule has 0 spiro atoms. The third kappa shape index (κ3) is 3.49. The van der Waals surface area contributed by atoms with E-state index in [1.54, 1.807) is 0 Å². The molecule has 1 aliphatic heterocycles. The van der Waals surface area contributed by atoms with E-state index in [0.717, 1.165) is 12.8 Å². The Balaban J connectivity index is 2.20. The molecule has 112 valence electrons. The van der Waals surface area contributed by atoms with Crippen molar-refractivity contribution < 1.29 is 13.5 Å². The molecule has 5 nitrogen and oxygen atoms in total. The van der Waals surface area contributed by atoms with Gasteiger partial charge in [0.2, 0.25) is 0 Å². The van der Waals surface area contributed by atoms with E-state index >= 15 is 0 Å². The Morgan fingerprint density at radius 1 is 1.35 bits per heavy atom. The van der Waals surface area contributed by atoms with Crippen LogP contribution in [0.2, 0.25) is 10.0 Å². The average molecular weight is 339 g/mol. The first kappa shape index (κ1) is 15.7. The normalized spacial score (nSPS) is 20.9. The summed E-state index contributed by atoms with van der Waals surface area (Å²) in [6.45, 7) is 3.02. The molecule has 2 rings (SSSR count). The molecule has 0 bridgehead atoms. The van der Waals surface area contributed by atoms with Gasteiger partial charge in [-0.2, -0.15) is 12.7 Å². The lowest BCUT2D eigenvalue weighted by Gasteiger charge is -2.30. The van der Waals surface area contributed by atoms with E-state index in [1.807, 2.05) is 6.92 Å². The van der Waals surface area contributed by atoms with E-state index in [-0.39, 0.29) is 21.5 Å². The average Bonchev–Trinajstić information content (AvgIpc) is 2.35. The molecule has 0 saturated carbocycles. The first-order valence-corrected chi connectivity index (χ1v) is 8.45. The first-order chi connectivity index (χ1) is 9.29. The number of phenols is 1. The van der Waals surface area contributed by atoms with Crippen LogP contribution in [0.1, 0.15) is 19.8 Å². The van der Waals surface area contributed by atoms with Crippen LogP contribution in [-0.4, -0.2) is 30.9 Å². The number of aromatic hydroxyl groups is 1. The number of rotatable bonds is 3. The molecule has 1 unspecified atom stereocenters. The number of anilines is 1. The van der Waals surface area contributed by atoms with Crippen molar-refractivity contribution in [3.8, 4) is 5.75 Å². The fourth-order valence-corrected chi connectivity index (χ4v) is 4.05. The van der Waals surface area contributed by atoms with Gasteiger partial charge in [-0.05, 0) is 30.9 Å². The molecular weight excluding hydrogens is 323 g/mol. The number of hydrogen-bond acceptors (Lipinski definition) is 3. The quantitative estimate of drug-likeness (QED) is 0.832. The molecule has 0 aromatic heterocycles. The van der Waals surface area contributed by atoms with Gasteiger partial charge in [0, 0.05) is 13.1 Å². The molecule has 8 heteroatoms. The molecule has 1 saturated heterocycles. The molecule has 2 N–H and O–H groups in total. The summed E-state index contributed by atoms with van der Waals surface area (Å²) in [6.07, 6.45) is 1.88. The molecule has 0 radical (unpaired) electrons. The van der Waals surface area contributed by atoms with Crippen LogP contribution in [0.25, 0.3) is 0 Å². The third-order valence-electron chi connectivity index (χ3n) is 3.22. The largest absolute Gasteiger partial charge is 0.505 e. The molecule has 1 fully saturated rings. The minimum Gasteiger partial charge on any atom is -0.505 e. The highest BCUT2D eigenvalue weighted by Crippen LogP contribution is 2.35. The van der Waals surface area contributed by atoms with Gasteiger partial charge in [0.1, 0.15) is 0 Å². The van der Waals surface area contributed by atoms with Gasteiger partial charge in [0.25, 0.3) is 0 Å². The molecule has 1 aromatic carbocycles. The predicted octanol–water partition coefficient (Wildman–Crippen LogP) is 3.09. The number of piperidine rings is 1. The summed E-state index contributed by atoms with van der Waals surface area (Å²) in [7, 11) is -3.63. The second-order valence-electron chi connectivity index (χ2n) is 5.00. The smallest absolute Gasteiger partial charge is 0.301 e. The van der Waals surface area contributed by atoms with Gasteiger partial charge in [0.05, 0.1) is 15.7 Å². The molecule has 1 atom stereocenters. The molecular formula is C12H16Cl2N2O3S. The Morgan fingerprint density at radius 2 is 1.95 bits per heavy atom. The maximum atomic E-state index is 12.3. The second-order valence-corrected chi connectivity index (χ2v) is 7.49. The van der Waals surface area contributed by atoms with Gasteiger partial charge in [-0.3, -0.25) is 4.72 Å². The van der Waals surface area contributed by atoms with Crippen LogP contribution in [0.3, 0.4) is 0 Å². The van der Waals surface area contributed by atoms with Gasteiger partial charge >= 0.3 is 10.2 Å². The highest BCUT2D eigenvalue weighted by molar-refractivity contribution is 7.90. The van der Waals surface area contributed by atoms with Crippen molar-refractivity contribution in [2.75, 3.05) is 17.8 Å². The highest BCUT2D eigenvalue weighted by atomic mass is 35.5. The van der Waals surface area contributed by atoms with E-state index in [9.17, 15) is 13.5 Å². The fraction of sp³-hybridized carbons (Fsp3) is 0.500. The van der Waals surface area contributed by atoms with E-state index in [2.05, 4.69) is 4.72 Å². The Kier molecular flexibility index (Phi) is 4.69. The Labute approximate surface area is 128 Å². The zero-order valence-electron chi connectivity index (χ0n) is 10.9. The maximum Gasteiger partial charge on any atom is 0.301 e. The maximum absolute atomic E-state index is 12.3. The number of phenolic OH excluding ortho intramolecular Hbond substituents is 1. The van der Waals surface area contributed by atoms with Crippen LogP contribution < -0.4 is 4.72 Å². The van der Waals surface area contributed by atoms with Crippen molar-refractivity contribution in [3.05, 3.63) is 22.2 Å². The Bertz CT molecular complexity index is 584. The summed E-state index contributed by atoms with van der Waals surface area (Å²) in [5.41, 5.74) is 0.232. The number of hydrogen-bond donors (Lipinski definition) is 2. The predicted molar refractivity (Wildman–Crippen MR) is 80.6 cm³/mol. The van der Waals surface area contributed by atoms with Crippen molar-refractivity contribution in [1.29, 1.82) is 0 Å². The summed E-state index contributed by atoms with van der Waals surface area (Å²) >= 11 is 11.5. The summed E-state index contributed by atoms with van der Waals surface area (Å²) < 4.78 is 28.4. The van der Waals surface area contributed by atoms with Crippen molar-refractivity contribution in [3.63, 3.8) is 0 Å². The molecule has 1 heterocycles. The topological polar surface area (TPSA) is 69.6 Å². The molecule has 0 aliphatic carbocycles. The van der Waals surface area contributed by atoms with Crippen molar-refractivity contribution in [2.24, 2.45) is 5.92 Å². The summed E-state index contributed by atoms with van der Waals surface area (Å²) in [4.78, 5) is 0. The molecule has 1 aliphatic rings. The zero-order chi connectivity index (χ0) is 14.9. The van der Waals surface area contributed by atoms with Gasteiger partial charge in [-0.1, -0.05) is 30.1 Å². The standard InChI is InChI=1S/C12H16Cl2N2O3S/c1-8-3-2-4-16(7-8)20(18,19)15-9-5-10(13)12(17)11(14)6-9/h5-6,8,15,17H,2-4,7H2,1H3. The second kappa shape index (κ2) is 5.97. The van der Waals surface area contributed by atoms with Gasteiger partial charge in [0.15, 0.2) is 5.75 Å². The first-order valence-electron chi connectivity index (χ1n) is 6.25. The van der Waals surface area contributed by atoms with Gasteiger partial charge < -0.3 is 5.11 Å². The summed E-state index contributed by atoms with van der Waals surface area (Å²) in [6, 6.07) is 2.65. The van der Waals surface area contributed by atoms with E-state index in [4.69, 9.17) is 23.2 Å². The third-order valence-corrected chi connectivity index (χ3v) is 5.30. The van der Waals surface area contributed by atoms with E-state index < -0.39 is 10.2 Å². The van der Waals surface area contributed by atoms with Crippen molar-refractivity contribution >= 4 is 39.1 Å². The summed E-state index contributed by atoms with van der Waals surface area (Å²) in [5.74, 6) is 0.0789. The highest BCUT2D eigenvalue weighted by Gasteiger charge is 2.27. The lowest BCUT2D eigenvalue weighted by Crippen LogP contribution is -2.42. The fourth-order valence-electron chi connectivity index (χ4n) is 2.20. The Hall–Kier alpha value is -0.690. The van der Waals surface area contributed by atoms with Crippen LogP contribution in [0.4, 0.5) is 5.69 Å². The van der Waals surface area contributed by atoms with Crippen LogP contribution >= 0.6 is 23.2 Å². The van der Waals surface area contributed by atoms with Crippen molar-refractivity contribution in [2.45, 2.75) is 19.8 Å². The molecule has 20 heavy (non-hydrogen) atoms. The number of halogens is 2. The number of benzene rings is 1. The van der Waals surface area contributed by atoms with Crippen molar-refractivity contribution in [1.82, 2.24) is 4.31 Å². The minimum absolute atomic E-state index is 0.00205. The van der Waals surface area contributed by atoms with Gasteiger partial charge in [-0.15, -0.1) is 0 Å². The molecule has 0 amide bonds. The van der Waals surface area contributed by atoms with Crippen LogP contribution in [-0.2, 0) is 10.2 Å². The summed E-state index contributed by atoms with van der Waals surface area (Å²) in [5, 5.41) is 9.47. The zero-order valence-corrected chi connectivity index (χ0v) is 13.3. The van der Waals surface area contributed by atoms with E-state index in [1.165, 1.54) is 16.4 Å². The van der Waals surface area contributed by atoms with Crippen LogP contribution in [0.5, 0.6) is 5.75 Å². The van der Waals surface area contributed by atoms with Crippen LogP contribution in [0, 0.1) is 5.92 Å². The SMILES string of the molecule is CC1CCCN(S(=O)(=O)Nc2cc(Cl)c(O)c(Cl)c2)C1. The van der Waals surface area contributed by atoms with E-state index in [0.29, 0.717) is 19.0 Å². The minimum atomic E-state index is -3.63. The number of nitrogens with zero attached hydrogens (tertiary/aromatic N) is 1. The Morgan fingerprint density at radius 3 is 2.50 bits per heavy atom. The lowest BCUT2D eigenvalue weighted by molar-refractivity contribution is 0.282. The molecule has 1 aromatic rings. The van der Waals surface area contributed by atoms with Crippen LogP contribution in [0.15, 0.2) is 12.1 Å². The number of nitrogens with one attached hydrogen (secondary N) is 1. The monoisotopic (exact) mass is 338 g/mol. The lowest BCUT2D eigenvalue weighted by atomic mass is 10.0. The van der Waals surface area contributed by atoms with Gasteiger partial charge in [-0.25, -0.2) is 0 Å².